The maximum Gasteiger partial charge on any atom is -0.147 e. The molecule has 1 aliphatic carbocycles. The van der Waals surface area contributed by atoms with Crippen molar-refractivity contribution < 1.29 is 14.0 Å². The van der Waals surface area contributed by atoms with Crippen molar-refractivity contribution in [1.29, 1.82) is 0 Å². The van der Waals surface area contributed by atoms with Gasteiger partial charge in [0.1, 0.15) is 0 Å². The first-order valence-electron chi connectivity index (χ1n) is 7.96. The molecule has 4 heteroatoms. The summed E-state index contributed by atoms with van der Waals surface area (Å²) in [7, 11) is 0.178. The van der Waals surface area contributed by atoms with Crippen molar-refractivity contribution in [3.05, 3.63) is 22.1 Å². The molecule has 0 nitrogen and oxygen atoms in total. The maximum absolute atomic E-state index is 2.92. The summed E-state index contributed by atoms with van der Waals surface area (Å²) in [6, 6.07) is 0. The average molecular weight is 391 g/mol. The third kappa shape index (κ3) is 6.68. The van der Waals surface area contributed by atoms with Crippen LogP contribution in [0.3, 0.4) is 0 Å². The fourth-order valence-corrected chi connectivity index (χ4v) is 16.2. The van der Waals surface area contributed by atoms with Crippen molar-refractivity contribution in [2.45, 2.75) is 71.1 Å². The van der Waals surface area contributed by atoms with E-state index in [0.29, 0.717) is 0 Å². The summed E-state index contributed by atoms with van der Waals surface area (Å²) in [5.74, 6) is 0. The Hall–Kier alpha value is 1.20. The van der Waals surface area contributed by atoms with Gasteiger partial charge < -0.3 is 0 Å². The molecule has 0 N–H and O–H groups in total. The predicted molar refractivity (Wildman–Crippen MR) is 107 cm³/mol. The Labute approximate surface area is 145 Å². The van der Waals surface area contributed by atoms with Crippen LogP contribution in [0.25, 0.3) is 0 Å². The van der Waals surface area contributed by atoms with E-state index in [2.05, 4.69) is 66.8 Å². The van der Waals surface area contributed by atoms with Gasteiger partial charge in [-0.1, -0.05) is 0 Å². The van der Waals surface area contributed by atoms with E-state index >= 15 is 0 Å². The molecule has 0 fully saturated rings. The third-order valence-electron chi connectivity index (χ3n) is 5.10. The van der Waals surface area contributed by atoms with Gasteiger partial charge in [-0.3, -0.25) is 0 Å². The number of allylic oxidation sites excluding steroid dienone is 4. The SMILES string of the molecule is CC(C)P(C[CH2][Ti]([CH3])([CH3])([CH3])([CH3])[C]1=CC=CC1)C(C)C.Cl.Cl. The summed E-state index contributed by atoms with van der Waals surface area (Å²) in [6.07, 6.45) is 9.72. The minimum Gasteiger partial charge on any atom is -0.147 e. The molecule has 128 valence electrons. The smallest absolute Gasteiger partial charge is 0.147 e. The zero-order chi connectivity index (χ0) is 15.0. The Morgan fingerprint density at radius 1 is 1.00 bits per heavy atom. The Bertz CT molecular complexity index is 393. The summed E-state index contributed by atoms with van der Waals surface area (Å²) in [6.45, 7) is 9.69. The first-order chi connectivity index (χ1) is 8.36. The summed E-state index contributed by atoms with van der Waals surface area (Å²) < 4.78 is 3.25. The zero-order valence-electron chi connectivity index (χ0n) is 15.3. The standard InChI is InChI=1S/C8H18P.C5H5.4CH3.2ClH.Ti/c1-6-9(7(2)3)8(4)5;1-2-4-5-3-1;;;;;;;/h7-8H,1,6H2,2-5H3;1-3H,4H2;4*1H3;2*1H;. The first-order valence-corrected chi connectivity index (χ1v) is 17.8. The molecule has 0 radical (unpaired) electrons. The van der Waals surface area contributed by atoms with Gasteiger partial charge in [-0.05, 0) is 0 Å². The van der Waals surface area contributed by atoms with Gasteiger partial charge >= 0.3 is 121 Å². The van der Waals surface area contributed by atoms with Crippen molar-refractivity contribution in [2.75, 3.05) is 6.16 Å². The predicted octanol–water partition coefficient (Wildman–Crippen LogP) is 7.81. The maximum atomic E-state index is 2.65. The van der Waals surface area contributed by atoms with Crippen LogP contribution < -0.4 is 0 Å². The second kappa shape index (κ2) is 7.40. The molecule has 0 spiro atoms. The summed E-state index contributed by atoms with van der Waals surface area (Å²) >= 11 is -2.92. The molecule has 0 unspecified atom stereocenters. The van der Waals surface area contributed by atoms with Crippen LogP contribution in [0.15, 0.2) is 22.1 Å². The number of hydrogen-bond acceptors (Lipinski definition) is 0. The third-order valence-corrected chi connectivity index (χ3v) is 18.4. The minimum atomic E-state index is -2.92. The zero-order valence-corrected chi connectivity index (χ0v) is 19.4. The molecule has 0 aromatic heterocycles. The van der Waals surface area contributed by atoms with Crippen molar-refractivity contribution in [1.82, 2.24) is 0 Å². The van der Waals surface area contributed by atoms with E-state index < -0.39 is 14.0 Å². The van der Waals surface area contributed by atoms with E-state index in [1.54, 1.807) is 3.88 Å². The van der Waals surface area contributed by atoms with Gasteiger partial charge in [-0.25, -0.2) is 0 Å². The van der Waals surface area contributed by atoms with E-state index in [1.165, 1.54) is 17.3 Å². The van der Waals surface area contributed by atoms with Gasteiger partial charge in [-0.15, -0.1) is 24.8 Å². The van der Waals surface area contributed by atoms with Gasteiger partial charge in [-0.2, -0.15) is 0 Å². The molecule has 0 heterocycles. The normalized spacial score (nSPS) is 18.1. The van der Waals surface area contributed by atoms with Crippen LogP contribution in [0.2, 0.25) is 25.6 Å². The van der Waals surface area contributed by atoms with E-state index in [4.69, 9.17) is 0 Å². The number of rotatable bonds is 6. The van der Waals surface area contributed by atoms with Gasteiger partial charge in [0.15, 0.2) is 0 Å². The van der Waals surface area contributed by atoms with Gasteiger partial charge in [0.2, 0.25) is 0 Å². The Morgan fingerprint density at radius 2 is 1.48 bits per heavy atom. The molecule has 0 bridgehead atoms. The molecule has 1 rings (SSSR count). The number of halogens is 2. The van der Waals surface area contributed by atoms with Crippen LogP contribution in [0, 0.1) is 0 Å². The molecule has 0 saturated heterocycles. The summed E-state index contributed by atoms with van der Waals surface area (Å²) in [4.78, 5) is 0. The second-order valence-electron chi connectivity index (χ2n) is 10.1. The van der Waals surface area contributed by atoms with Crippen LogP contribution in [-0.2, 0) is 14.0 Å². The van der Waals surface area contributed by atoms with E-state index in [0.717, 1.165) is 11.3 Å². The molecular formula is C17H37Cl2PTi. The first kappa shape index (κ1) is 24.5. The number of hydrogen-bond donors (Lipinski definition) is 0. The van der Waals surface area contributed by atoms with Crippen LogP contribution >= 0.6 is 32.7 Å². The Morgan fingerprint density at radius 3 is 1.81 bits per heavy atom. The topological polar surface area (TPSA) is 0 Å². The molecule has 0 amide bonds. The molecule has 0 aromatic rings. The van der Waals surface area contributed by atoms with Crippen molar-refractivity contribution in [2.24, 2.45) is 0 Å². The summed E-state index contributed by atoms with van der Waals surface area (Å²) in [5.41, 5.74) is 1.74. The Balaban J connectivity index is 0. The van der Waals surface area contributed by atoms with Crippen LogP contribution in [0.5, 0.6) is 0 Å². The summed E-state index contributed by atoms with van der Waals surface area (Å²) in [5, 5.41) is 10.6. The van der Waals surface area contributed by atoms with Crippen molar-refractivity contribution in [3.8, 4) is 0 Å². The van der Waals surface area contributed by atoms with Crippen LogP contribution in [0.4, 0.5) is 0 Å². The van der Waals surface area contributed by atoms with Crippen molar-refractivity contribution in [3.63, 3.8) is 0 Å². The molecule has 21 heavy (non-hydrogen) atoms. The quantitative estimate of drug-likeness (QED) is 0.320. The minimum absolute atomic E-state index is 0. The van der Waals surface area contributed by atoms with Gasteiger partial charge in [0.25, 0.3) is 0 Å². The van der Waals surface area contributed by atoms with Crippen LogP contribution in [0.1, 0.15) is 34.1 Å². The fourth-order valence-electron chi connectivity index (χ4n) is 3.23. The average Bonchev–Trinajstić information content (AvgIpc) is 2.67. The molecular weight excluding hydrogens is 354 g/mol. The van der Waals surface area contributed by atoms with Crippen LogP contribution in [-0.4, -0.2) is 17.5 Å². The fraction of sp³-hybridized carbons (Fsp3) is 0.765. The monoisotopic (exact) mass is 390 g/mol. The molecule has 1 aliphatic rings. The van der Waals surface area contributed by atoms with Gasteiger partial charge in [0.05, 0.1) is 0 Å². The molecule has 0 atom stereocenters. The van der Waals surface area contributed by atoms with Crippen molar-refractivity contribution >= 4 is 32.7 Å². The molecule has 0 saturated carbocycles. The largest absolute Gasteiger partial charge is 0.147 e. The molecule has 0 aromatic carbocycles. The van der Waals surface area contributed by atoms with Gasteiger partial charge in [0, 0.05) is 0 Å². The van der Waals surface area contributed by atoms with E-state index in [1.807, 2.05) is 0 Å². The second-order valence-corrected chi connectivity index (χ2v) is 32.9. The van der Waals surface area contributed by atoms with E-state index in [9.17, 15) is 0 Å². The molecule has 0 aliphatic heterocycles. The Kier molecular flexibility index (Phi) is 8.62. The van der Waals surface area contributed by atoms with E-state index in [-0.39, 0.29) is 32.7 Å².